The number of azide groups is 1. The molecule has 0 aromatic heterocycles. The van der Waals surface area contributed by atoms with Crippen LogP contribution >= 0.6 is 0 Å². The molecule has 3 aliphatic heterocycles. The van der Waals surface area contributed by atoms with Gasteiger partial charge in [0.15, 0.2) is 0 Å². The van der Waals surface area contributed by atoms with E-state index in [9.17, 15) is 0 Å². The molecule has 3 aliphatic rings. The Bertz CT molecular complexity index is 269. The van der Waals surface area contributed by atoms with Crippen LogP contribution in [0.2, 0.25) is 0 Å². The molecule has 4 nitrogen and oxygen atoms in total. The van der Waals surface area contributed by atoms with Crippen molar-refractivity contribution in [2.75, 3.05) is 19.6 Å². The van der Waals surface area contributed by atoms with Gasteiger partial charge >= 0.3 is 0 Å². The quantitative estimate of drug-likeness (QED) is 0.292. The Hall–Kier alpha value is -0.990. The molecular formula is C10H16N4. The zero-order valence-electron chi connectivity index (χ0n) is 8.34. The SMILES string of the molecule is C=C[C@H]1CN2CC[C@H]1C[C@@H]2CN=[N+]=[N-]. The minimum absolute atomic E-state index is 0.487. The van der Waals surface area contributed by atoms with Gasteiger partial charge in [0.25, 0.3) is 0 Å². The largest absolute Gasteiger partial charge is 0.300 e. The lowest BCUT2D eigenvalue weighted by molar-refractivity contribution is 0.0234. The van der Waals surface area contributed by atoms with Gasteiger partial charge in [-0.15, -0.1) is 6.58 Å². The third-order valence-electron chi connectivity index (χ3n) is 3.59. The lowest BCUT2D eigenvalue weighted by Crippen LogP contribution is -2.53. The first-order valence-corrected chi connectivity index (χ1v) is 5.22. The van der Waals surface area contributed by atoms with Crippen LogP contribution in [-0.2, 0) is 0 Å². The van der Waals surface area contributed by atoms with Crippen molar-refractivity contribution in [3.05, 3.63) is 23.1 Å². The molecule has 3 heterocycles. The van der Waals surface area contributed by atoms with Crippen LogP contribution in [0.1, 0.15) is 12.8 Å². The van der Waals surface area contributed by atoms with Crippen LogP contribution in [0.15, 0.2) is 17.8 Å². The van der Waals surface area contributed by atoms with E-state index in [1.165, 1.54) is 19.4 Å². The molecule has 0 aromatic rings. The van der Waals surface area contributed by atoms with Gasteiger partial charge in [-0.1, -0.05) is 11.2 Å². The maximum Gasteiger partial charge on any atom is 0.0414 e. The van der Waals surface area contributed by atoms with Crippen LogP contribution < -0.4 is 0 Å². The minimum Gasteiger partial charge on any atom is -0.300 e. The molecule has 0 spiro atoms. The first-order valence-electron chi connectivity index (χ1n) is 5.22. The van der Waals surface area contributed by atoms with E-state index in [1.807, 2.05) is 0 Å². The van der Waals surface area contributed by atoms with Gasteiger partial charge in [-0.3, -0.25) is 4.90 Å². The van der Waals surface area contributed by atoms with Crippen molar-refractivity contribution in [1.29, 1.82) is 0 Å². The maximum absolute atomic E-state index is 8.29. The molecule has 0 N–H and O–H groups in total. The first kappa shape index (κ1) is 9.56. The van der Waals surface area contributed by atoms with Crippen LogP contribution in [0.3, 0.4) is 0 Å². The number of fused-ring (bicyclic) bond motifs is 3. The zero-order chi connectivity index (χ0) is 9.97. The molecule has 0 aliphatic carbocycles. The van der Waals surface area contributed by atoms with Crippen molar-refractivity contribution in [2.24, 2.45) is 17.0 Å². The molecule has 0 amide bonds. The summed E-state index contributed by atoms with van der Waals surface area (Å²) in [5.41, 5.74) is 8.29. The summed E-state index contributed by atoms with van der Waals surface area (Å²) in [6.07, 6.45) is 4.54. The van der Waals surface area contributed by atoms with E-state index in [2.05, 4.69) is 27.6 Å². The summed E-state index contributed by atoms with van der Waals surface area (Å²) in [6, 6.07) is 0.487. The Labute approximate surface area is 84.2 Å². The molecule has 1 unspecified atom stereocenters. The monoisotopic (exact) mass is 192 g/mol. The van der Waals surface area contributed by atoms with E-state index in [4.69, 9.17) is 5.53 Å². The van der Waals surface area contributed by atoms with Crippen LogP contribution in [0.5, 0.6) is 0 Å². The molecule has 76 valence electrons. The average Bonchev–Trinajstić information content (AvgIpc) is 2.27. The second-order valence-corrected chi connectivity index (χ2v) is 4.25. The molecule has 3 saturated heterocycles. The Morgan fingerprint density at radius 1 is 1.64 bits per heavy atom. The third kappa shape index (κ3) is 1.63. The Kier molecular flexibility index (Phi) is 2.75. The van der Waals surface area contributed by atoms with Crippen LogP contribution in [0.4, 0.5) is 0 Å². The summed E-state index contributed by atoms with van der Waals surface area (Å²) in [6.45, 7) is 6.80. The highest BCUT2D eigenvalue weighted by Crippen LogP contribution is 2.36. The average molecular weight is 192 g/mol. The van der Waals surface area contributed by atoms with E-state index in [-0.39, 0.29) is 0 Å². The molecular weight excluding hydrogens is 176 g/mol. The van der Waals surface area contributed by atoms with Gasteiger partial charge in [0.05, 0.1) is 0 Å². The van der Waals surface area contributed by atoms with Crippen LogP contribution in [-0.4, -0.2) is 30.6 Å². The molecule has 3 fully saturated rings. The van der Waals surface area contributed by atoms with Crippen molar-refractivity contribution in [3.8, 4) is 0 Å². The maximum atomic E-state index is 8.29. The Balaban J connectivity index is 2.00. The predicted molar refractivity (Wildman–Crippen MR) is 55.8 cm³/mol. The lowest BCUT2D eigenvalue weighted by Gasteiger charge is -2.48. The molecule has 0 aromatic carbocycles. The summed E-state index contributed by atoms with van der Waals surface area (Å²) in [4.78, 5) is 5.28. The number of hydrogen-bond acceptors (Lipinski definition) is 2. The van der Waals surface area contributed by atoms with Gasteiger partial charge in [0, 0.05) is 24.0 Å². The first-order chi connectivity index (χ1) is 6.85. The van der Waals surface area contributed by atoms with E-state index in [1.54, 1.807) is 0 Å². The number of hydrogen-bond donors (Lipinski definition) is 0. The Morgan fingerprint density at radius 3 is 3.07 bits per heavy atom. The summed E-state index contributed by atoms with van der Waals surface area (Å²) < 4.78 is 0. The van der Waals surface area contributed by atoms with Crippen LogP contribution in [0, 0.1) is 11.8 Å². The van der Waals surface area contributed by atoms with Crippen molar-refractivity contribution in [1.82, 2.24) is 4.90 Å². The zero-order valence-corrected chi connectivity index (χ0v) is 8.34. The van der Waals surface area contributed by atoms with Gasteiger partial charge in [-0.05, 0) is 36.8 Å². The predicted octanol–water partition coefficient (Wildman–Crippen LogP) is 2.19. The van der Waals surface area contributed by atoms with E-state index in [0.717, 1.165) is 12.5 Å². The highest BCUT2D eigenvalue weighted by molar-refractivity contribution is 4.99. The topological polar surface area (TPSA) is 52.0 Å². The fraction of sp³-hybridized carbons (Fsp3) is 0.800. The highest BCUT2D eigenvalue weighted by Gasteiger charge is 2.38. The number of rotatable bonds is 3. The van der Waals surface area contributed by atoms with E-state index < -0.39 is 0 Å². The number of piperidine rings is 3. The fourth-order valence-corrected chi connectivity index (χ4v) is 2.77. The van der Waals surface area contributed by atoms with Gasteiger partial charge in [-0.25, -0.2) is 0 Å². The lowest BCUT2D eigenvalue weighted by atomic mass is 9.76. The Morgan fingerprint density at radius 2 is 2.50 bits per heavy atom. The molecule has 4 atom stereocenters. The summed E-state index contributed by atoms with van der Waals surface area (Å²) in [5, 5.41) is 3.68. The second kappa shape index (κ2) is 4.03. The summed E-state index contributed by atoms with van der Waals surface area (Å²) in [5.74, 6) is 1.43. The fourth-order valence-electron chi connectivity index (χ4n) is 2.77. The smallest absolute Gasteiger partial charge is 0.0414 e. The molecule has 0 radical (unpaired) electrons. The third-order valence-corrected chi connectivity index (χ3v) is 3.59. The minimum atomic E-state index is 0.487. The number of nitrogens with zero attached hydrogens (tertiary/aromatic N) is 4. The standard InChI is InChI=1S/C10H16N4/c1-2-8-7-14-4-3-9(8)5-10(14)6-12-13-11/h2,8-10H,1,3-7H2/t8-,9-,10+/m0/s1. The molecule has 3 rings (SSSR count). The summed E-state index contributed by atoms with van der Waals surface area (Å²) >= 11 is 0. The normalized spacial score (nSPS) is 40.3. The molecule has 14 heavy (non-hydrogen) atoms. The van der Waals surface area contributed by atoms with Crippen molar-refractivity contribution < 1.29 is 0 Å². The second-order valence-electron chi connectivity index (χ2n) is 4.25. The van der Waals surface area contributed by atoms with Crippen molar-refractivity contribution in [3.63, 3.8) is 0 Å². The molecule has 0 saturated carbocycles. The van der Waals surface area contributed by atoms with Gasteiger partial charge in [0.2, 0.25) is 0 Å². The molecule has 2 bridgehead atoms. The van der Waals surface area contributed by atoms with Gasteiger partial charge in [-0.2, -0.15) is 0 Å². The van der Waals surface area contributed by atoms with E-state index in [0.29, 0.717) is 18.5 Å². The highest BCUT2D eigenvalue weighted by atomic mass is 15.2. The van der Waals surface area contributed by atoms with E-state index >= 15 is 0 Å². The van der Waals surface area contributed by atoms with Crippen LogP contribution in [0.25, 0.3) is 10.4 Å². The summed E-state index contributed by atoms with van der Waals surface area (Å²) in [7, 11) is 0. The van der Waals surface area contributed by atoms with Crippen molar-refractivity contribution >= 4 is 0 Å². The van der Waals surface area contributed by atoms with Crippen molar-refractivity contribution in [2.45, 2.75) is 18.9 Å². The van der Waals surface area contributed by atoms with Gasteiger partial charge in [0.1, 0.15) is 0 Å². The molecule has 4 heteroatoms. The van der Waals surface area contributed by atoms with Gasteiger partial charge < -0.3 is 0 Å².